The molecule has 1 aliphatic carbocycles. The molecule has 0 bridgehead atoms. The van der Waals surface area contributed by atoms with E-state index < -0.39 is 29.7 Å². The fourth-order valence-corrected chi connectivity index (χ4v) is 4.83. The highest BCUT2D eigenvalue weighted by Gasteiger charge is 2.48. The molecule has 32 heavy (non-hydrogen) atoms. The summed E-state index contributed by atoms with van der Waals surface area (Å²) in [4.78, 5) is 53.5. The van der Waals surface area contributed by atoms with E-state index in [1.165, 1.54) is 4.90 Å². The Morgan fingerprint density at radius 2 is 1.62 bits per heavy atom. The molecule has 6 heteroatoms. The molecule has 1 saturated carbocycles. The molecule has 1 aliphatic heterocycles. The lowest BCUT2D eigenvalue weighted by molar-refractivity contribution is -0.145. The summed E-state index contributed by atoms with van der Waals surface area (Å²) < 4.78 is 0. The highest BCUT2D eigenvalue weighted by molar-refractivity contribution is 6.17. The lowest BCUT2D eigenvalue weighted by atomic mass is 9.78. The molecule has 2 atom stereocenters. The van der Waals surface area contributed by atoms with Crippen LogP contribution in [-0.2, 0) is 9.59 Å². The van der Waals surface area contributed by atoms with Crippen molar-refractivity contribution in [2.45, 2.75) is 57.4 Å². The van der Waals surface area contributed by atoms with Gasteiger partial charge in [0, 0.05) is 23.9 Å². The van der Waals surface area contributed by atoms with E-state index in [0.29, 0.717) is 5.56 Å². The van der Waals surface area contributed by atoms with Gasteiger partial charge in [-0.2, -0.15) is 0 Å². The van der Waals surface area contributed by atoms with Crippen LogP contribution in [0.3, 0.4) is 0 Å². The molecule has 6 nitrogen and oxygen atoms in total. The Hall–Kier alpha value is -3.28. The number of hydrogen-bond donors (Lipinski definition) is 1. The quantitative estimate of drug-likeness (QED) is 0.542. The molecule has 2 aromatic carbocycles. The highest BCUT2D eigenvalue weighted by Crippen LogP contribution is 2.35. The van der Waals surface area contributed by atoms with Crippen LogP contribution in [0.1, 0.15) is 65.9 Å². The summed E-state index contributed by atoms with van der Waals surface area (Å²) in [5.41, 5.74) is 2.32. The monoisotopic (exact) mass is 432 g/mol. The molecule has 1 saturated heterocycles. The average molecular weight is 433 g/mol. The van der Waals surface area contributed by atoms with E-state index in [1.807, 2.05) is 37.3 Å². The van der Waals surface area contributed by atoms with Gasteiger partial charge in [0.1, 0.15) is 5.92 Å². The second-order valence-corrected chi connectivity index (χ2v) is 8.78. The van der Waals surface area contributed by atoms with Crippen LogP contribution in [0, 0.1) is 12.8 Å². The number of nitrogens with zero attached hydrogens (tertiary/aromatic N) is 1. The van der Waals surface area contributed by atoms with Crippen molar-refractivity contribution in [2.24, 2.45) is 5.92 Å². The fraction of sp³-hybridized carbons (Fsp3) is 0.385. The van der Waals surface area contributed by atoms with Gasteiger partial charge in [0.25, 0.3) is 0 Å². The number of benzene rings is 2. The van der Waals surface area contributed by atoms with Gasteiger partial charge in [0.05, 0.1) is 0 Å². The Morgan fingerprint density at radius 3 is 2.28 bits per heavy atom. The first-order valence-electron chi connectivity index (χ1n) is 11.3. The van der Waals surface area contributed by atoms with Gasteiger partial charge in [-0.15, -0.1) is 0 Å². The summed E-state index contributed by atoms with van der Waals surface area (Å²) in [7, 11) is 0. The van der Waals surface area contributed by atoms with Gasteiger partial charge in [0.15, 0.2) is 5.78 Å². The van der Waals surface area contributed by atoms with Gasteiger partial charge in [-0.3, -0.25) is 24.6 Å². The lowest BCUT2D eigenvalue weighted by Gasteiger charge is -2.39. The van der Waals surface area contributed by atoms with Crippen molar-refractivity contribution in [3.05, 3.63) is 71.3 Å². The van der Waals surface area contributed by atoms with Crippen LogP contribution in [0.2, 0.25) is 0 Å². The number of nitrogens with one attached hydrogen (secondary N) is 1. The number of urea groups is 1. The first-order valence-corrected chi connectivity index (χ1v) is 11.3. The molecule has 0 aromatic heterocycles. The van der Waals surface area contributed by atoms with Crippen LogP contribution < -0.4 is 5.32 Å². The highest BCUT2D eigenvalue weighted by atomic mass is 16.2. The van der Waals surface area contributed by atoms with Gasteiger partial charge in [-0.25, -0.2) is 4.79 Å². The normalized spacial score (nSPS) is 20.7. The van der Waals surface area contributed by atoms with Crippen molar-refractivity contribution in [1.82, 2.24) is 10.2 Å². The number of hydrogen-bond acceptors (Lipinski definition) is 4. The minimum atomic E-state index is -1.12. The van der Waals surface area contributed by atoms with Crippen molar-refractivity contribution in [3.63, 3.8) is 0 Å². The number of amides is 4. The Morgan fingerprint density at radius 1 is 0.969 bits per heavy atom. The number of barbiturate groups is 1. The van der Waals surface area contributed by atoms with Gasteiger partial charge >= 0.3 is 6.03 Å². The molecule has 2 fully saturated rings. The van der Waals surface area contributed by atoms with Crippen LogP contribution in [0.15, 0.2) is 54.6 Å². The molecule has 2 unspecified atom stereocenters. The number of Topliss-reactive ketones (excluding diaryl/α,β-unsaturated/α-hetero) is 1. The van der Waals surface area contributed by atoms with E-state index in [-0.39, 0.29) is 18.2 Å². The first kappa shape index (κ1) is 21.9. The standard InChI is InChI=1S/C26H28N2O4/c1-17-12-14-18(15-13-17)21(16-22(29)19-8-4-2-5-9-19)23-24(30)27-26(32)28(25(23)31)20-10-6-3-7-11-20/h2,4-5,8-9,12-15,20-21,23H,3,6-7,10-11,16H2,1H3,(H,27,30,32). The number of carbonyl (C=O) groups excluding carboxylic acids is 4. The SMILES string of the molecule is Cc1ccc(C(CC(=O)c2ccccc2)C2C(=O)NC(=O)N(C3CCCCC3)C2=O)cc1. The van der Waals surface area contributed by atoms with Crippen molar-refractivity contribution in [1.29, 1.82) is 0 Å². The molecule has 166 valence electrons. The molecular weight excluding hydrogens is 404 g/mol. The third-order valence-electron chi connectivity index (χ3n) is 6.58. The maximum Gasteiger partial charge on any atom is 0.331 e. The molecule has 0 radical (unpaired) electrons. The van der Waals surface area contributed by atoms with Crippen molar-refractivity contribution >= 4 is 23.6 Å². The maximum absolute atomic E-state index is 13.6. The van der Waals surface area contributed by atoms with Gasteiger partial charge in [-0.05, 0) is 25.3 Å². The Labute approximate surface area is 188 Å². The molecule has 1 heterocycles. The third-order valence-corrected chi connectivity index (χ3v) is 6.58. The number of rotatable bonds is 6. The topological polar surface area (TPSA) is 83.6 Å². The fourth-order valence-electron chi connectivity index (χ4n) is 4.83. The van der Waals surface area contributed by atoms with Crippen LogP contribution >= 0.6 is 0 Å². The van der Waals surface area contributed by atoms with Crippen LogP contribution in [0.5, 0.6) is 0 Å². The summed E-state index contributed by atoms with van der Waals surface area (Å²) in [6.07, 6.45) is 4.49. The number of ketones is 1. The minimum Gasteiger partial charge on any atom is -0.294 e. The molecular formula is C26H28N2O4. The summed E-state index contributed by atoms with van der Waals surface area (Å²) in [5, 5.41) is 2.40. The molecule has 2 aliphatic rings. The summed E-state index contributed by atoms with van der Waals surface area (Å²) >= 11 is 0. The van der Waals surface area contributed by atoms with Gasteiger partial charge < -0.3 is 0 Å². The van der Waals surface area contributed by atoms with E-state index in [1.54, 1.807) is 24.3 Å². The largest absolute Gasteiger partial charge is 0.331 e. The lowest BCUT2D eigenvalue weighted by Crippen LogP contribution is -2.62. The number of imide groups is 2. The number of carbonyl (C=O) groups is 4. The smallest absolute Gasteiger partial charge is 0.294 e. The second kappa shape index (κ2) is 9.47. The Kier molecular flexibility index (Phi) is 6.49. The average Bonchev–Trinajstić information content (AvgIpc) is 2.80. The van der Waals surface area contributed by atoms with Crippen molar-refractivity contribution in [3.8, 4) is 0 Å². The summed E-state index contributed by atoms with van der Waals surface area (Å²) in [6.45, 7) is 1.95. The molecule has 4 rings (SSSR count). The Balaban J connectivity index is 1.69. The zero-order valence-corrected chi connectivity index (χ0v) is 18.3. The predicted molar refractivity (Wildman–Crippen MR) is 120 cm³/mol. The van der Waals surface area contributed by atoms with Gasteiger partial charge in [-0.1, -0.05) is 79.4 Å². The maximum atomic E-state index is 13.6. The number of aryl methyl sites for hydroxylation is 1. The summed E-state index contributed by atoms with van der Waals surface area (Å²) in [6, 6.07) is 15.6. The van der Waals surface area contributed by atoms with Crippen molar-refractivity contribution < 1.29 is 19.2 Å². The third kappa shape index (κ3) is 4.49. The molecule has 2 aromatic rings. The molecule has 4 amide bonds. The minimum absolute atomic E-state index is 0.00357. The molecule has 0 spiro atoms. The zero-order valence-electron chi connectivity index (χ0n) is 18.3. The second-order valence-electron chi connectivity index (χ2n) is 8.78. The van der Waals surface area contributed by atoms with E-state index >= 15 is 0 Å². The van der Waals surface area contributed by atoms with E-state index in [4.69, 9.17) is 0 Å². The van der Waals surface area contributed by atoms with E-state index in [9.17, 15) is 19.2 Å². The van der Waals surface area contributed by atoms with Gasteiger partial charge in [0.2, 0.25) is 11.8 Å². The summed E-state index contributed by atoms with van der Waals surface area (Å²) in [5.74, 6) is -3.03. The van der Waals surface area contributed by atoms with E-state index in [0.717, 1.165) is 43.2 Å². The van der Waals surface area contributed by atoms with Crippen LogP contribution in [-0.4, -0.2) is 34.6 Å². The van der Waals surface area contributed by atoms with E-state index in [2.05, 4.69) is 5.32 Å². The Bertz CT molecular complexity index is 1010. The molecule has 1 N–H and O–H groups in total. The van der Waals surface area contributed by atoms with Crippen molar-refractivity contribution in [2.75, 3.05) is 0 Å². The van der Waals surface area contributed by atoms with Crippen LogP contribution in [0.25, 0.3) is 0 Å². The predicted octanol–water partition coefficient (Wildman–Crippen LogP) is 4.38. The van der Waals surface area contributed by atoms with Crippen LogP contribution in [0.4, 0.5) is 4.79 Å². The zero-order chi connectivity index (χ0) is 22.7. The first-order chi connectivity index (χ1) is 15.5.